The molecule has 0 bridgehead atoms. The molecule has 152 valence electrons. The lowest BCUT2D eigenvalue weighted by Crippen LogP contribution is -2.50. The van der Waals surface area contributed by atoms with Gasteiger partial charge in [0.05, 0.1) is 0 Å². The molecule has 2 fully saturated rings. The minimum Gasteiger partial charge on any atom is -0.505 e. The van der Waals surface area contributed by atoms with Crippen molar-refractivity contribution < 1.29 is 9.50 Å². The summed E-state index contributed by atoms with van der Waals surface area (Å²) < 4.78 is 13.4. The molecule has 2 aliphatic rings. The fourth-order valence-electron chi connectivity index (χ4n) is 4.09. The smallest absolute Gasteiger partial charge is 0.191 e. The van der Waals surface area contributed by atoms with Gasteiger partial charge in [0.25, 0.3) is 0 Å². The highest BCUT2D eigenvalue weighted by Gasteiger charge is 2.26. The van der Waals surface area contributed by atoms with E-state index < -0.39 is 5.82 Å². The molecular formula is C20H32FIN4O. The average Bonchev–Trinajstić information content (AvgIpc) is 2.69. The summed E-state index contributed by atoms with van der Waals surface area (Å²) in [5, 5.41) is 16.0. The number of nitrogens with zero attached hydrogens (tertiary/aromatic N) is 2. The van der Waals surface area contributed by atoms with Crippen LogP contribution in [0.4, 0.5) is 4.39 Å². The van der Waals surface area contributed by atoms with Gasteiger partial charge in [0.15, 0.2) is 17.5 Å². The summed E-state index contributed by atoms with van der Waals surface area (Å²) in [5.74, 6) is -0.169. The van der Waals surface area contributed by atoms with Crippen LogP contribution in [0.25, 0.3) is 0 Å². The maximum atomic E-state index is 13.4. The van der Waals surface area contributed by atoms with Gasteiger partial charge in [-0.25, -0.2) is 4.39 Å². The lowest BCUT2D eigenvalue weighted by atomic mass is 9.92. The molecule has 1 aromatic rings. The fourth-order valence-corrected chi connectivity index (χ4v) is 4.09. The summed E-state index contributed by atoms with van der Waals surface area (Å²) in [6, 6.07) is 5.66. The molecule has 0 spiro atoms. The first-order valence-corrected chi connectivity index (χ1v) is 9.84. The first kappa shape index (κ1) is 22.2. The number of guanidine groups is 1. The number of hydrogen-bond donors (Lipinski definition) is 3. The number of likely N-dealkylation sites (tertiary alicyclic amines) is 1. The Balaban J connectivity index is 0.00000261. The fraction of sp³-hybridized carbons (Fsp3) is 0.650. The number of piperidine rings is 1. The van der Waals surface area contributed by atoms with E-state index in [1.165, 1.54) is 44.2 Å². The zero-order valence-electron chi connectivity index (χ0n) is 16.1. The number of benzene rings is 1. The van der Waals surface area contributed by atoms with Crippen molar-refractivity contribution in [1.29, 1.82) is 0 Å². The highest BCUT2D eigenvalue weighted by Crippen LogP contribution is 2.25. The highest BCUT2D eigenvalue weighted by molar-refractivity contribution is 14.0. The maximum Gasteiger partial charge on any atom is 0.191 e. The number of halogens is 2. The predicted octanol–water partition coefficient (Wildman–Crippen LogP) is 3.61. The van der Waals surface area contributed by atoms with Crippen molar-refractivity contribution in [3.63, 3.8) is 0 Å². The van der Waals surface area contributed by atoms with E-state index in [1.807, 2.05) is 0 Å². The summed E-state index contributed by atoms with van der Waals surface area (Å²) in [7, 11) is 1.75. The summed E-state index contributed by atoms with van der Waals surface area (Å²) >= 11 is 0. The van der Waals surface area contributed by atoms with Crippen LogP contribution in [-0.2, 0) is 6.54 Å². The van der Waals surface area contributed by atoms with E-state index in [9.17, 15) is 9.50 Å². The first-order valence-electron chi connectivity index (χ1n) is 9.84. The molecule has 7 heteroatoms. The van der Waals surface area contributed by atoms with Crippen LogP contribution in [0.2, 0.25) is 0 Å². The van der Waals surface area contributed by atoms with Gasteiger partial charge in [0.2, 0.25) is 0 Å². The molecule has 1 aliphatic carbocycles. The van der Waals surface area contributed by atoms with E-state index in [-0.39, 0.29) is 29.7 Å². The molecule has 1 heterocycles. The molecule has 0 radical (unpaired) electrons. The number of rotatable bonds is 4. The largest absolute Gasteiger partial charge is 0.505 e. The molecule has 1 saturated heterocycles. The third kappa shape index (κ3) is 6.48. The van der Waals surface area contributed by atoms with Gasteiger partial charge in [-0.1, -0.05) is 25.3 Å². The van der Waals surface area contributed by atoms with Gasteiger partial charge in [-0.2, -0.15) is 0 Å². The Bertz CT molecular complexity index is 614. The molecule has 1 aromatic carbocycles. The Hall–Kier alpha value is -1.09. The van der Waals surface area contributed by atoms with Gasteiger partial charge in [-0.05, 0) is 43.4 Å². The zero-order chi connectivity index (χ0) is 18.4. The molecule has 1 saturated carbocycles. The standard InChI is InChI=1S/C20H31FN4O.HI/c1-22-20(23-14-15-7-8-19(26)18(21)13-15)24-16-9-11-25(12-10-16)17-5-3-2-4-6-17;/h7-8,13,16-17,26H,2-6,9-12,14H2,1H3,(H2,22,23,24);1H. The molecule has 0 amide bonds. The summed E-state index contributed by atoms with van der Waals surface area (Å²) in [6.45, 7) is 2.78. The molecule has 0 unspecified atom stereocenters. The van der Waals surface area contributed by atoms with Crippen LogP contribution >= 0.6 is 24.0 Å². The second-order valence-corrected chi connectivity index (χ2v) is 7.46. The molecule has 5 nitrogen and oxygen atoms in total. The quantitative estimate of drug-likeness (QED) is 0.343. The van der Waals surface area contributed by atoms with Crippen LogP contribution in [0.5, 0.6) is 5.75 Å². The van der Waals surface area contributed by atoms with Gasteiger partial charge in [-0.15, -0.1) is 24.0 Å². The lowest BCUT2D eigenvalue weighted by Gasteiger charge is -2.39. The minimum absolute atomic E-state index is 0. The van der Waals surface area contributed by atoms with Crippen LogP contribution in [0.3, 0.4) is 0 Å². The third-order valence-electron chi connectivity index (χ3n) is 5.66. The Labute approximate surface area is 178 Å². The second kappa shape index (κ2) is 11.0. The number of aliphatic imine (C=N–C) groups is 1. The van der Waals surface area contributed by atoms with Crippen molar-refractivity contribution in [2.24, 2.45) is 4.99 Å². The topological polar surface area (TPSA) is 59.9 Å². The molecule has 3 rings (SSSR count). The first-order chi connectivity index (χ1) is 12.7. The van der Waals surface area contributed by atoms with Crippen molar-refractivity contribution in [3.05, 3.63) is 29.6 Å². The normalized spacial score (nSPS) is 20.1. The average molecular weight is 490 g/mol. The number of hydrogen-bond acceptors (Lipinski definition) is 3. The monoisotopic (exact) mass is 490 g/mol. The second-order valence-electron chi connectivity index (χ2n) is 7.46. The van der Waals surface area contributed by atoms with E-state index >= 15 is 0 Å². The Kier molecular flexibility index (Phi) is 9.08. The van der Waals surface area contributed by atoms with Gasteiger partial charge in [0.1, 0.15) is 0 Å². The van der Waals surface area contributed by atoms with Crippen LogP contribution < -0.4 is 10.6 Å². The maximum absolute atomic E-state index is 13.4. The molecule has 3 N–H and O–H groups in total. The Morgan fingerprint density at radius 1 is 1.19 bits per heavy atom. The van der Waals surface area contributed by atoms with Crippen LogP contribution in [0, 0.1) is 5.82 Å². The SMILES string of the molecule is CN=C(NCc1ccc(O)c(F)c1)NC1CCN(C2CCCCC2)CC1.I. The van der Waals surface area contributed by atoms with Crippen LogP contribution in [0.1, 0.15) is 50.5 Å². The van der Waals surface area contributed by atoms with Crippen molar-refractivity contribution in [2.45, 2.75) is 63.6 Å². The molecular weight excluding hydrogens is 458 g/mol. The molecule has 27 heavy (non-hydrogen) atoms. The summed E-state index contributed by atoms with van der Waals surface area (Å²) in [6.07, 6.45) is 9.17. The van der Waals surface area contributed by atoms with Crippen molar-refractivity contribution >= 4 is 29.9 Å². The van der Waals surface area contributed by atoms with E-state index in [0.29, 0.717) is 12.6 Å². The predicted molar refractivity (Wildman–Crippen MR) is 118 cm³/mol. The van der Waals surface area contributed by atoms with Crippen molar-refractivity contribution in [2.75, 3.05) is 20.1 Å². The summed E-state index contributed by atoms with van der Waals surface area (Å²) in [5.41, 5.74) is 0.773. The van der Waals surface area contributed by atoms with Gasteiger partial charge in [0, 0.05) is 38.8 Å². The van der Waals surface area contributed by atoms with Gasteiger partial charge >= 0.3 is 0 Å². The van der Waals surface area contributed by atoms with E-state index in [2.05, 4.69) is 20.5 Å². The number of nitrogens with one attached hydrogen (secondary N) is 2. The number of aromatic hydroxyl groups is 1. The van der Waals surface area contributed by atoms with E-state index in [4.69, 9.17) is 0 Å². The lowest BCUT2D eigenvalue weighted by molar-refractivity contribution is 0.119. The van der Waals surface area contributed by atoms with Gasteiger partial charge in [-0.3, -0.25) is 4.99 Å². The van der Waals surface area contributed by atoms with E-state index in [1.54, 1.807) is 13.1 Å². The molecule has 1 aliphatic heterocycles. The summed E-state index contributed by atoms with van der Waals surface area (Å²) in [4.78, 5) is 6.96. The highest BCUT2D eigenvalue weighted by atomic mass is 127. The van der Waals surface area contributed by atoms with Crippen molar-refractivity contribution in [3.8, 4) is 5.75 Å². The third-order valence-corrected chi connectivity index (χ3v) is 5.66. The van der Waals surface area contributed by atoms with Crippen molar-refractivity contribution in [1.82, 2.24) is 15.5 Å². The molecule has 0 atom stereocenters. The Morgan fingerprint density at radius 2 is 1.89 bits per heavy atom. The Morgan fingerprint density at radius 3 is 2.52 bits per heavy atom. The number of phenols is 1. The molecule has 0 aromatic heterocycles. The van der Waals surface area contributed by atoms with Gasteiger partial charge < -0.3 is 20.6 Å². The van der Waals surface area contributed by atoms with Crippen LogP contribution in [0.15, 0.2) is 23.2 Å². The minimum atomic E-state index is -0.595. The number of phenolic OH excluding ortho intramolecular Hbond substituents is 1. The van der Waals surface area contributed by atoms with E-state index in [0.717, 1.165) is 43.5 Å². The zero-order valence-corrected chi connectivity index (χ0v) is 18.4. The van der Waals surface area contributed by atoms with Crippen LogP contribution in [-0.4, -0.2) is 48.2 Å².